The van der Waals surface area contributed by atoms with Gasteiger partial charge >= 0.3 is 0 Å². The van der Waals surface area contributed by atoms with Gasteiger partial charge in [-0.15, -0.1) is 11.8 Å². The Hall–Kier alpha value is -1.83. The third-order valence-corrected chi connectivity index (χ3v) is 8.19. The van der Waals surface area contributed by atoms with Crippen LogP contribution in [0.5, 0.6) is 0 Å². The molecule has 0 saturated carbocycles. The molecular weight excluding hydrogens is 404 g/mol. The van der Waals surface area contributed by atoms with Crippen LogP contribution in [-0.2, 0) is 14.8 Å². The number of sulfonamides is 1. The number of anilines is 1. The Balaban J connectivity index is 1.71. The van der Waals surface area contributed by atoms with Crippen LogP contribution in [0.2, 0.25) is 0 Å². The average Bonchev–Trinajstić information content (AvgIpc) is 2.71. The normalized spacial score (nSPS) is 15.3. The largest absolute Gasteiger partial charge is 0.325 e. The van der Waals surface area contributed by atoms with Crippen molar-refractivity contribution in [1.82, 2.24) is 4.31 Å². The second kappa shape index (κ2) is 9.32. The summed E-state index contributed by atoms with van der Waals surface area (Å²) >= 11 is 1.49. The molecule has 1 heterocycles. The van der Waals surface area contributed by atoms with Crippen LogP contribution in [0.15, 0.2) is 46.2 Å². The maximum absolute atomic E-state index is 12.9. The Morgan fingerprint density at radius 1 is 1.00 bits per heavy atom. The molecule has 3 rings (SSSR count). The molecule has 1 fully saturated rings. The first-order valence-electron chi connectivity index (χ1n) is 9.88. The van der Waals surface area contributed by atoms with E-state index in [0.717, 1.165) is 40.8 Å². The minimum absolute atomic E-state index is 0.147. The fourth-order valence-electron chi connectivity index (χ4n) is 3.34. The first-order chi connectivity index (χ1) is 13.8. The highest BCUT2D eigenvalue weighted by molar-refractivity contribution is 8.00. The molecule has 1 N–H and O–H groups in total. The third kappa shape index (κ3) is 5.41. The van der Waals surface area contributed by atoms with Gasteiger partial charge in [0.1, 0.15) is 0 Å². The zero-order valence-corrected chi connectivity index (χ0v) is 18.8. The van der Waals surface area contributed by atoms with E-state index < -0.39 is 10.0 Å². The van der Waals surface area contributed by atoms with Gasteiger partial charge in [0.15, 0.2) is 0 Å². The minimum atomic E-state index is -3.53. The highest BCUT2D eigenvalue weighted by Gasteiger charge is 2.26. The van der Waals surface area contributed by atoms with E-state index >= 15 is 0 Å². The van der Waals surface area contributed by atoms with E-state index in [9.17, 15) is 13.2 Å². The lowest BCUT2D eigenvalue weighted by Gasteiger charge is -2.26. The van der Waals surface area contributed by atoms with Gasteiger partial charge in [-0.2, -0.15) is 4.31 Å². The van der Waals surface area contributed by atoms with Gasteiger partial charge in [-0.1, -0.05) is 30.2 Å². The van der Waals surface area contributed by atoms with Crippen molar-refractivity contribution in [2.45, 2.75) is 49.8 Å². The van der Waals surface area contributed by atoms with Crippen LogP contribution < -0.4 is 5.32 Å². The van der Waals surface area contributed by atoms with Crippen LogP contribution in [0, 0.1) is 20.8 Å². The maximum Gasteiger partial charge on any atom is 0.243 e. The summed E-state index contributed by atoms with van der Waals surface area (Å²) in [7, 11) is -3.53. The Labute approximate surface area is 177 Å². The number of thioether (sulfide) groups is 1. The lowest BCUT2D eigenvalue weighted by molar-refractivity contribution is -0.113. The Kier molecular flexibility index (Phi) is 7.03. The molecule has 0 aromatic heterocycles. The van der Waals surface area contributed by atoms with Crippen molar-refractivity contribution in [3.63, 3.8) is 0 Å². The number of amides is 1. The van der Waals surface area contributed by atoms with E-state index in [0.29, 0.717) is 18.8 Å². The van der Waals surface area contributed by atoms with E-state index in [-0.39, 0.29) is 16.6 Å². The van der Waals surface area contributed by atoms with Crippen molar-refractivity contribution in [3.8, 4) is 0 Å². The summed E-state index contributed by atoms with van der Waals surface area (Å²) in [5, 5.41) is 2.89. The summed E-state index contributed by atoms with van der Waals surface area (Å²) in [6.45, 7) is 7.04. The first kappa shape index (κ1) is 21.9. The summed E-state index contributed by atoms with van der Waals surface area (Å²) in [4.78, 5) is 13.8. The molecule has 2 aromatic rings. The number of nitrogens with zero attached hydrogens (tertiary/aromatic N) is 1. The summed E-state index contributed by atoms with van der Waals surface area (Å²) in [6.07, 6.45) is 2.86. The second-order valence-electron chi connectivity index (χ2n) is 7.55. The quantitative estimate of drug-likeness (QED) is 0.682. The fourth-order valence-corrected chi connectivity index (χ4v) is 5.81. The second-order valence-corrected chi connectivity index (χ2v) is 10.5. The number of hydrogen-bond acceptors (Lipinski definition) is 4. The van der Waals surface area contributed by atoms with Gasteiger partial charge in [-0.25, -0.2) is 8.42 Å². The molecule has 1 amide bonds. The van der Waals surface area contributed by atoms with Gasteiger partial charge in [0.2, 0.25) is 15.9 Å². The molecule has 2 aromatic carbocycles. The van der Waals surface area contributed by atoms with Gasteiger partial charge in [0.25, 0.3) is 0 Å². The molecule has 1 aliphatic heterocycles. The summed E-state index contributed by atoms with van der Waals surface area (Å²) in [5.41, 5.74) is 3.69. The zero-order chi connectivity index (χ0) is 21.0. The number of benzene rings is 2. The van der Waals surface area contributed by atoms with Crippen LogP contribution in [-0.4, -0.2) is 37.5 Å². The Morgan fingerprint density at radius 2 is 1.69 bits per heavy atom. The van der Waals surface area contributed by atoms with Gasteiger partial charge in [0, 0.05) is 23.7 Å². The molecule has 0 bridgehead atoms. The number of hydrogen-bond donors (Lipinski definition) is 1. The van der Waals surface area contributed by atoms with E-state index in [4.69, 9.17) is 0 Å². The van der Waals surface area contributed by atoms with E-state index in [1.54, 1.807) is 22.5 Å². The average molecular weight is 433 g/mol. The number of piperidine rings is 1. The lowest BCUT2D eigenvalue weighted by Crippen LogP contribution is -2.35. The first-order valence-corrected chi connectivity index (χ1v) is 12.3. The van der Waals surface area contributed by atoms with Crippen molar-refractivity contribution in [2.24, 2.45) is 0 Å². The molecule has 5 nitrogen and oxygen atoms in total. The van der Waals surface area contributed by atoms with Crippen LogP contribution in [0.4, 0.5) is 5.69 Å². The predicted molar refractivity (Wildman–Crippen MR) is 119 cm³/mol. The zero-order valence-electron chi connectivity index (χ0n) is 17.2. The Bertz CT molecular complexity index is 997. The highest BCUT2D eigenvalue weighted by atomic mass is 32.2. The van der Waals surface area contributed by atoms with Crippen LogP contribution >= 0.6 is 11.8 Å². The van der Waals surface area contributed by atoms with Crippen LogP contribution in [0.1, 0.15) is 36.0 Å². The minimum Gasteiger partial charge on any atom is -0.325 e. The van der Waals surface area contributed by atoms with Crippen LogP contribution in [0.25, 0.3) is 0 Å². The standard InChI is InChI=1S/C22H28N2O3S2/c1-16-7-8-18(3)21(13-16)28-15-22(25)23-20-14-19(10-9-17(20)2)29(26,27)24-11-5-4-6-12-24/h7-10,13-14H,4-6,11-12,15H2,1-3H3,(H,23,25). The van der Waals surface area contributed by atoms with Crippen LogP contribution in [0.3, 0.4) is 0 Å². The molecule has 0 unspecified atom stereocenters. The summed E-state index contributed by atoms with van der Waals surface area (Å²) < 4.78 is 27.4. The predicted octanol–water partition coefficient (Wildman–Crippen LogP) is 4.52. The SMILES string of the molecule is Cc1ccc(C)c(SCC(=O)Nc2cc(S(=O)(=O)N3CCCCC3)ccc2C)c1. The van der Waals surface area contributed by atoms with Gasteiger partial charge < -0.3 is 5.32 Å². The van der Waals surface area contributed by atoms with Crippen molar-refractivity contribution in [1.29, 1.82) is 0 Å². The van der Waals surface area contributed by atoms with Crippen molar-refractivity contribution in [2.75, 3.05) is 24.2 Å². The van der Waals surface area contributed by atoms with Gasteiger partial charge in [0.05, 0.1) is 10.6 Å². The monoisotopic (exact) mass is 432 g/mol. The van der Waals surface area contributed by atoms with Crippen molar-refractivity contribution < 1.29 is 13.2 Å². The molecule has 0 atom stereocenters. The number of carbonyl (C=O) groups excluding carboxylic acids is 1. The smallest absolute Gasteiger partial charge is 0.243 e. The third-order valence-electron chi connectivity index (χ3n) is 5.14. The Morgan fingerprint density at radius 3 is 2.41 bits per heavy atom. The number of aryl methyl sites for hydroxylation is 3. The number of carbonyl (C=O) groups is 1. The highest BCUT2D eigenvalue weighted by Crippen LogP contribution is 2.27. The molecule has 0 aliphatic carbocycles. The molecule has 1 saturated heterocycles. The van der Waals surface area contributed by atoms with Crippen molar-refractivity contribution >= 4 is 33.4 Å². The molecule has 0 radical (unpaired) electrons. The number of nitrogens with one attached hydrogen (secondary N) is 1. The molecule has 156 valence electrons. The van der Waals surface area contributed by atoms with Crippen molar-refractivity contribution in [3.05, 3.63) is 53.1 Å². The molecular formula is C22H28N2O3S2. The maximum atomic E-state index is 12.9. The fraction of sp³-hybridized carbons (Fsp3) is 0.409. The van der Waals surface area contributed by atoms with Gasteiger partial charge in [-0.3, -0.25) is 4.79 Å². The van der Waals surface area contributed by atoms with E-state index in [1.165, 1.54) is 11.8 Å². The summed E-state index contributed by atoms with van der Waals surface area (Å²) in [5.74, 6) is 0.124. The number of rotatable bonds is 6. The molecule has 0 spiro atoms. The van der Waals surface area contributed by atoms with Gasteiger partial charge in [-0.05, 0) is 62.9 Å². The van der Waals surface area contributed by atoms with E-state index in [1.807, 2.05) is 20.8 Å². The molecule has 7 heteroatoms. The summed E-state index contributed by atoms with van der Waals surface area (Å²) in [6, 6.07) is 11.1. The lowest BCUT2D eigenvalue weighted by atomic mass is 10.2. The molecule has 1 aliphatic rings. The topological polar surface area (TPSA) is 66.5 Å². The molecule has 29 heavy (non-hydrogen) atoms. The van der Waals surface area contributed by atoms with E-state index in [2.05, 4.69) is 23.5 Å².